The number of nitrogens with two attached hydrogens (primary N) is 1. The van der Waals surface area contributed by atoms with Gasteiger partial charge in [-0.15, -0.1) is 0 Å². The van der Waals surface area contributed by atoms with Crippen LogP contribution in [0.2, 0.25) is 0 Å². The highest BCUT2D eigenvalue weighted by Gasteiger charge is 2.22. The van der Waals surface area contributed by atoms with Gasteiger partial charge in [-0.25, -0.2) is 9.97 Å². The zero-order chi connectivity index (χ0) is 15.8. The third kappa shape index (κ3) is 2.80. The van der Waals surface area contributed by atoms with E-state index in [2.05, 4.69) is 28.3 Å². The summed E-state index contributed by atoms with van der Waals surface area (Å²) in [6.45, 7) is 3.26. The lowest BCUT2D eigenvalue weighted by atomic mass is 9.92. The van der Waals surface area contributed by atoms with E-state index in [1.54, 1.807) is 0 Å². The standard InChI is InChI=1S/C18H21N5/c1-11-8-13(6-7-20-11)18-21-10-17-16(23-18)9-15(22-17)12-2-4-14(19)5-3-12/h2-5,9-11,13,20,22H,6-8,19H2,1H3. The second-order valence-corrected chi connectivity index (χ2v) is 6.41. The molecule has 23 heavy (non-hydrogen) atoms. The summed E-state index contributed by atoms with van der Waals surface area (Å²) in [6, 6.07) is 10.5. The van der Waals surface area contributed by atoms with Crippen LogP contribution in [0.1, 0.15) is 31.5 Å². The van der Waals surface area contributed by atoms with Gasteiger partial charge in [-0.1, -0.05) is 12.1 Å². The van der Waals surface area contributed by atoms with E-state index >= 15 is 0 Å². The van der Waals surface area contributed by atoms with Crippen LogP contribution < -0.4 is 11.1 Å². The highest BCUT2D eigenvalue weighted by molar-refractivity contribution is 5.82. The fourth-order valence-electron chi connectivity index (χ4n) is 3.31. The van der Waals surface area contributed by atoms with Crippen LogP contribution in [0.25, 0.3) is 22.3 Å². The molecule has 118 valence electrons. The average molecular weight is 307 g/mol. The lowest BCUT2D eigenvalue weighted by Crippen LogP contribution is -2.35. The summed E-state index contributed by atoms with van der Waals surface area (Å²) in [7, 11) is 0. The smallest absolute Gasteiger partial charge is 0.132 e. The molecular weight excluding hydrogens is 286 g/mol. The third-order valence-electron chi connectivity index (χ3n) is 4.60. The van der Waals surface area contributed by atoms with Crippen LogP contribution in [-0.4, -0.2) is 27.5 Å². The molecule has 1 saturated heterocycles. The Balaban J connectivity index is 1.68. The molecule has 0 amide bonds. The Bertz CT molecular complexity index is 821. The fraction of sp³-hybridized carbons (Fsp3) is 0.333. The first-order valence-electron chi connectivity index (χ1n) is 8.14. The Morgan fingerprint density at radius 1 is 1.22 bits per heavy atom. The van der Waals surface area contributed by atoms with E-state index in [9.17, 15) is 0 Å². The highest BCUT2D eigenvalue weighted by atomic mass is 15.0. The lowest BCUT2D eigenvalue weighted by Gasteiger charge is -2.26. The zero-order valence-electron chi connectivity index (χ0n) is 13.2. The third-order valence-corrected chi connectivity index (χ3v) is 4.60. The number of fused-ring (bicyclic) bond motifs is 1. The minimum absolute atomic E-state index is 0.450. The van der Waals surface area contributed by atoms with Gasteiger partial charge in [-0.2, -0.15) is 0 Å². The van der Waals surface area contributed by atoms with Crippen LogP contribution in [0.3, 0.4) is 0 Å². The van der Waals surface area contributed by atoms with Gasteiger partial charge in [-0.3, -0.25) is 0 Å². The molecule has 0 spiro atoms. The molecule has 1 fully saturated rings. The van der Waals surface area contributed by atoms with E-state index in [1.165, 1.54) is 0 Å². The monoisotopic (exact) mass is 307 g/mol. The molecule has 3 aromatic rings. The number of anilines is 1. The molecule has 3 heterocycles. The van der Waals surface area contributed by atoms with E-state index in [-0.39, 0.29) is 0 Å². The number of benzene rings is 1. The van der Waals surface area contributed by atoms with Crippen molar-refractivity contribution in [2.24, 2.45) is 0 Å². The molecule has 5 nitrogen and oxygen atoms in total. The number of nitrogens with zero attached hydrogens (tertiary/aromatic N) is 2. The van der Waals surface area contributed by atoms with E-state index in [0.717, 1.165) is 53.2 Å². The molecule has 0 aliphatic carbocycles. The fourth-order valence-corrected chi connectivity index (χ4v) is 3.31. The predicted octanol–water partition coefficient (Wildman–Crippen LogP) is 3.06. The molecule has 5 heteroatoms. The number of piperidine rings is 1. The van der Waals surface area contributed by atoms with Gasteiger partial charge in [0.15, 0.2) is 0 Å². The summed E-state index contributed by atoms with van der Waals surface area (Å²) >= 11 is 0. The van der Waals surface area contributed by atoms with Crippen molar-refractivity contribution >= 4 is 16.7 Å². The largest absolute Gasteiger partial charge is 0.399 e. The van der Waals surface area contributed by atoms with Gasteiger partial charge in [-0.05, 0) is 50.1 Å². The highest BCUT2D eigenvalue weighted by Crippen LogP contribution is 2.28. The van der Waals surface area contributed by atoms with Crippen molar-refractivity contribution in [2.45, 2.75) is 31.7 Å². The number of H-pyrrole nitrogens is 1. The molecule has 0 saturated carbocycles. The van der Waals surface area contributed by atoms with Crippen molar-refractivity contribution in [3.8, 4) is 11.3 Å². The van der Waals surface area contributed by atoms with Crippen molar-refractivity contribution < 1.29 is 0 Å². The molecule has 1 aliphatic heterocycles. The maximum atomic E-state index is 5.76. The number of aromatic nitrogens is 3. The maximum absolute atomic E-state index is 5.76. The SMILES string of the molecule is CC1CC(c2ncc3[nH]c(-c4ccc(N)cc4)cc3n2)CCN1. The number of hydrogen-bond donors (Lipinski definition) is 3. The first kappa shape index (κ1) is 14.2. The van der Waals surface area contributed by atoms with Gasteiger partial charge in [0, 0.05) is 23.3 Å². The Kier molecular flexibility index (Phi) is 3.50. The quantitative estimate of drug-likeness (QED) is 0.636. The molecule has 2 atom stereocenters. The minimum Gasteiger partial charge on any atom is -0.399 e. The molecule has 1 aliphatic rings. The van der Waals surface area contributed by atoms with Gasteiger partial charge < -0.3 is 16.0 Å². The molecule has 4 rings (SSSR count). The molecular formula is C18H21N5. The molecule has 0 bridgehead atoms. The van der Waals surface area contributed by atoms with Crippen LogP contribution in [0, 0.1) is 0 Å². The van der Waals surface area contributed by atoms with Crippen LogP contribution in [0.15, 0.2) is 36.5 Å². The van der Waals surface area contributed by atoms with Gasteiger partial charge in [0.05, 0.1) is 17.2 Å². The molecule has 2 unspecified atom stereocenters. The van der Waals surface area contributed by atoms with Crippen LogP contribution >= 0.6 is 0 Å². The van der Waals surface area contributed by atoms with Crippen molar-refractivity contribution in [2.75, 3.05) is 12.3 Å². The first-order valence-corrected chi connectivity index (χ1v) is 8.14. The van der Waals surface area contributed by atoms with Crippen molar-refractivity contribution in [1.29, 1.82) is 0 Å². The maximum Gasteiger partial charge on any atom is 0.132 e. The number of rotatable bonds is 2. The van der Waals surface area contributed by atoms with Gasteiger partial charge >= 0.3 is 0 Å². The Hall–Kier alpha value is -2.40. The summed E-state index contributed by atoms with van der Waals surface area (Å²) in [5.74, 6) is 1.42. The Morgan fingerprint density at radius 2 is 2.04 bits per heavy atom. The second-order valence-electron chi connectivity index (χ2n) is 6.41. The summed E-state index contributed by atoms with van der Waals surface area (Å²) in [4.78, 5) is 12.8. The Morgan fingerprint density at radius 3 is 2.83 bits per heavy atom. The van der Waals surface area contributed by atoms with Crippen LogP contribution in [0.4, 0.5) is 5.69 Å². The van der Waals surface area contributed by atoms with Gasteiger partial charge in [0.25, 0.3) is 0 Å². The van der Waals surface area contributed by atoms with Crippen molar-refractivity contribution in [1.82, 2.24) is 20.3 Å². The van der Waals surface area contributed by atoms with E-state index in [1.807, 2.05) is 30.5 Å². The summed E-state index contributed by atoms with van der Waals surface area (Å²) in [6.07, 6.45) is 4.11. The normalized spacial score (nSPS) is 21.6. The zero-order valence-corrected chi connectivity index (χ0v) is 13.2. The van der Waals surface area contributed by atoms with Crippen LogP contribution in [-0.2, 0) is 0 Å². The minimum atomic E-state index is 0.450. The average Bonchev–Trinajstić information content (AvgIpc) is 2.98. The lowest BCUT2D eigenvalue weighted by molar-refractivity contribution is 0.371. The topological polar surface area (TPSA) is 79.6 Å². The number of nitrogen functional groups attached to an aromatic ring is 1. The molecule has 0 radical (unpaired) electrons. The number of nitrogens with one attached hydrogen (secondary N) is 2. The van der Waals surface area contributed by atoms with Gasteiger partial charge in [0.1, 0.15) is 5.82 Å². The second kappa shape index (κ2) is 5.66. The Labute approximate surface area is 135 Å². The van der Waals surface area contributed by atoms with Gasteiger partial charge in [0.2, 0.25) is 0 Å². The van der Waals surface area contributed by atoms with Crippen LogP contribution in [0.5, 0.6) is 0 Å². The molecule has 4 N–H and O–H groups in total. The predicted molar refractivity (Wildman–Crippen MR) is 93.2 cm³/mol. The number of aromatic amines is 1. The number of hydrogen-bond acceptors (Lipinski definition) is 4. The molecule has 2 aromatic heterocycles. The van der Waals surface area contributed by atoms with Crippen molar-refractivity contribution in [3.63, 3.8) is 0 Å². The van der Waals surface area contributed by atoms with E-state index < -0.39 is 0 Å². The van der Waals surface area contributed by atoms with E-state index in [4.69, 9.17) is 10.7 Å². The molecule has 1 aromatic carbocycles. The van der Waals surface area contributed by atoms with Crippen molar-refractivity contribution in [3.05, 3.63) is 42.4 Å². The van der Waals surface area contributed by atoms with E-state index in [0.29, 0.717) is 12.0 Å². The summed E-state index contributed by atoms with van der Waals surface area (Å²) < 4.78 is 0. The summed E-state index contributed by atoms with van der Waals surface area (Å²) in [5.41, 5.74) is 10.6. The first-order chi connectivity index (χ1) is 11.2. The summed E-state index contributed by atoms with van der Waals surface area (Å²) in [5, 5.41) is 3.48.